The Morgan fingerprint density at radius 3 is 2.70 bits per heavy atom. The van der Waals surface area contributed by atoms with Gasteiger partial charge in [-0.1, -0.05) is 17.7 Å². The maximum absolute atomic E-state index is 13.2. The summed E-state index contributed by atoms with van der Waals surface area (Å²) in [5.74, 6) is 0.756. The Hall–Kier alpha value is -2.73. The van der Waals surface area contributed by atoms with E-state index in [1.807, 2.05) is 44.2 Å². The van der Waals surface area contributed by atoms with Crippen molar-refractivity contribution in [1.82, 2.24) is 14.5 Å². The molecular weight excluding hydrogens is 356 g/mol. The average molecular weight is 379 g/mol. The third-order valence-electron chi connectivity index (χ3n) is 4.84. The maximum atomic E-state index is 13.2. The SMILES string of the molecule is Cc1ccc(-n2cnc3c(C)c(NCC4CC4)ccncsc3c2=O)cc1. The van der Waals surface area contributed by atoms with Crippen LogP contribution in [0.4, 0.5) is 5.69 Å². The Balaban J connectivity index is 1.90. The minimum Gasteiger partial charge on any atom is -0.384 e. The van der Waals surface area contributed by atoms with Gasteiger partial charge in [0.05, 0.1) is 16.7 Å². The smallest absolute Gasteiger partial charge is 0.275 e. The first-order valence-corrected chi connectivity index (χ1v) is 10.00. The monoisotopic (exact) mass is 378 g/mol. The van der Waals surface area contributed by atoms with E-state index in [1.54, 1.807) is 22.6 Å². The Labute approximate surface area is 162 Å². The molecule has 5 nitrogen and oxygen atoms in total. The number of hydrogen-bond acceptors (Lipinski definition) is 5. The Morgan fingerprint density at radius 1 is 1.19 bits per heavy atom. The molecule has 2 aromatic heterocycles. The van der Waals surface area contributed by atoms with Gasteiger partial charge < -0.3 is 5.32 Å². The van der Waals surface area contributed by atoms with E-state index in [0.29, 0.717) is 10.2 Å². The molecule has 1 saturated carbocycles. The number of rotatable bonds is 4. The van der Waals surface area contributed by atoms with E-state index in [0.717, 1.165) is 35.0 Å². The second-order valence-electron chi connectivity index (χ2n) is 6.98. The summed E-state index contributed by atoms with van der Waals surface area (Å²) in [5.41, 5.74) is 6.23. The van der Waals surface area contributed by atoms with Crippen molar-refractivity contribution in [2.45, 2.75) is 26.7 Å². The lowest BCUT2D eigenvalue weighted by atomic mass is 10.2. The molecular formula is C21H22N4OS. The summed E-state index contributed by atoms with van der Waals surface area (Å²) in [6.07, 6.45) is 5.95. The van der Waals surface area contributed by atoms with Crippen LogP contribution in [0, 0.1) is 19.8 Å². The molecule has 27 heavy (non-hydrogen) atoms. The Morgan fingerprint density at radius 2 is 1.96 bits per heavy atom. The van der Waals surface area contributed by atoms with E-state index in [9.17, 15) is 4.79 Å². The summed E-state index contributed by atoms with van der Waals surface area (Å²) in [4.78, 5) is 22.1. The topological polar surface area (TPSA) is 59.8 Å². The number of hydrogen-bond donors (Lipinski definition) is 1. The number of aryl methyl sites for hydroxylation is 2. The number of aromatic nitrogens is 3. The van der Waals surface area contributed by atoms with Crippen LogP contribution in [0.25, 0.3) is 15.9 Å². The van der Waals surface area contributed by atoms with Crippen LogP contribution in [0.15, 0.2) is 53.2 Å². The highest BCUT2D eigenvalue weighted by molar-refractivity contribution is 7.16. The highest BCUT2D eigenvalue weighted by atomic mass is 32.1. The van der Waals surface area contributed by atoms with E-state index in [4.69, 9.17) is 0 Å². The van der Waals surface area contributed by atoms with Crippen LogP contribution in [0.1, 0.15) is 24.0 Å². The van der Waals surface area contributed by atoms with Crippen molar-refractivity contribution in [2.75, 3.05) is 11.9 Å². The minimum atomic E-state index is -0.0805. The zero-order chi connectivity index (χ0) is 18.8. The molecule has 1 fully saturated rings. The first-order valence-electron chi connectivity index (χ1n) is 9.12. The number of nitrogens with one attached hydrogen (secondary N) is 1. The van der Waals surface area contributed by atoms with E-state index < -0.39 is 0 Å². The van der Waals surface area contributed by atoms with Gasteiger partial charge in [-0.25, -0.2) is 4.98 Å². The first kappa shape index (κ1) is 17.7. The van der Waals surface area contributed by atoms with Gasteiger partial charge in [0.2, 0.25) is 0 Å². The third-order valence-corrected chi connectivity index (χ3v) is 5.67. The molecule has 0 saturated heterocycles. The van der Waals surface area contributed by atoms with Gasteiger partial charge in [-0.15, -0.1) is 11.3 Å². The summed E-state index contributed by atoms with van der Waals surface area (Å²) >= 11 is 1.32. The van der Waals surface area contributed by atoms with Crippen molar-refractivity contribution < 1.29 is 0 Å². The number of nitrogens with zero attached hydrogens (tertiary/aromatic N) is 3. The molecule has 4 rings (SSSR count). The van der Waals surface area contributed by atoms with Crippen molar-refractivity contribution in [2.24, 2.45) is 5.92 Å². The summed E-state index contributed by atoms with van der Waals surface area (Å²) in [5, 5.41) is 3.50. The minimum absolute atomic E-state index is 0.0805. The van der Waals surface area contributed by atoms with E-state index in [-0.39, 0.29) is 5.56 Å². The van der Waals surface area contributed by atoms with E-state index >= 15 is 0 Å². The molecule has 138 valence electrons. The fraction of sp³-hybridized carbons (Fsp3) is 0.286. The Kier molecular flexibility index (Phi) is 4.90. The van der Waals surface area contributed by atoms with Crippen LogP contribution >= 0.6 is 11.3 Å². The fourth-order valence-electron chi connectivity index (χ4n) is 2.96. The molecule has 2 heterocycles. The van der Waals surface area contributed by atoms with Gasteiger partial charge in [0, 0.05) is 18.4 Å². The van der Waals surface area contributed by atoms with Gasteiger partial charge in [0.15, 0.2) is 0 Å². The largest absolute Gasteiger partial charge is 0.384 e. The van der Waals surface area contributed by atoms with Crippen molar-refractivity contribution in [3.63, 3.8) is 0 Å². The lowest BCUT2D eigenvalue weighted by Crippen LogP contribution is -2.18. The lowest BCUT2D eigenvalue weighted by Gasteiger charge is -2.09. The van der Waals surface area contributed by atoms with Gasteiger partial charge in [-0.05, 0) is 56.4 Å². The van der Waals surface area contributed by atoms with Crippen LogP contribution < -0.4 is 10.9 Å². The highest BCUT2D eigenvalue weighted by Crippen LogP contribution is 2.29. The predicted molar refractivity (Wildman–Crippen MR) is 111 cm³/mol. The molecule has 0 unspecified atom stereocenters. The van der Waals surface area contributed by atoms with Crippen molar-refractivity contribution in [3.8, 4) is 5.69 Å². The zero-order valence-corrected chi connectivity index (χ0v) is 16.3. The van der Waals surface area contributed by atoms with Crippen molar-refractivity contribution in [1.29, 1.82) is 0 Å². The van der Waals surface area contributed by atoms with Gasteiger partial charge in [0.25, 0.3) is 5.56 Å². The first-order chi connectivity index (χ1) is 13.1. The molecule has 1 N–H and O–H groups in total. The van der Waals surface area contributed by atoms with Crippen LogP contribution in [-0.2, 0) is 0 Å². The predicted octanol–water partition coefficient (Wildman–Crippen LogP) is 4.41. The van der Waals surface area contributed by atoms with Crippen molar-refractivity contribution in [3.05, 3.63) is 69.8 Å². The zero-order valence-electron chi connectivity index (χ0n) is 15.5. The molecule has 0 bridgehead atoms. The second kappa shape index (κ2) is 7.48. The molecule has 0 atom stereocenters. The maximum Gasteiger partial charge on any atom is 0.275 e. The van der Waals surface area contributed by atoms with Crippen LogP contribution in [0.2, 0.25) is 0 Å². The normalized spacial score (nSPS) is 13.4. The summed E-state index contributed by atoms with van der Waals surface area (Å²) in [6.45, 7) is 4.98. The molecule has 1 aliphatic rings. The van der Waals surface area contributed by atoms with Gasteiger partial charge in [0.1, 0.15) is 11.0 Å². The van der Waals surface area contributed by atoms with Crippen LogP contribution in [0.3, 0.4) is 0 Å². The summed E-state index contributed by atoms with van der Waals surface area (Å²) < 4.78 is 2.18. The third kappa shape index (κ3) is 3.85. The number of anilines is 1. The van der Waals surface area contributed by atoms with Gasteiger partial charge >= 0.3 is 0 Å². The van der Waals surface area contributed by atoms with Crippen molar-refractivity contribution >= 4 is 27.2 Å². The molecule has 0 spiro atoms. The summed E-state index contributed by atoms with van der Waals surface area (Å²) in [6, 6.07) is 9.81. The van der Waals surface area contributed by atoms with E-state index in [1.165, 1.54) is 24.2 Å². The van der Waals surface area contributed by atoms with Gasteiger partial charge in [-0.2, -0.15) is 0 Å². The molecule has 1 aromatic carbocycles. The standard InChI is InChI=1S/C21H22N4OS/c1-14-3-7-17(8-4-14)25-12-24-19-15(2)18(23-11-16-5-6-16)9-10-22-13-27-20(19)21(25)26/h3-4,7-10,12-13,16,23H,5-6,11H2,1-2H3. The van der Waals surface area contributed by atoms with Crippen LogP contribution in [-0.4, -0.2) is 21.1 Å². The molecule has 3 aromatic rings. The average Bonchev–Trinajstić information content (AvgIpc) is 3.48. The van der Waals surface area contributed by atoms with E-state index in [2.05, 4.69) is 15.3 Å². The fourth-order valence-corrected chi connectivity index (χ4v) is 3.71. The van der Waals surface area contributed by atoms with Gasteiger partial charge in [-0.3, -0.25) is 14.3 Å². The molecule has 0 radical (unpaired) electrons. The Bertz CT molecular complexity index is 1080. The molecule has 1 aliphatic carbocycles. The number of benzene rings is 1. The molecule has 0 aliphatic heterocycles. The number of fused-ring (bicyclic) bond motifs is 1. The highest BCUT2D eigenvalue weighted by Gasteiger charge is 2.20. The second-order valence-corrected chi connectivity index (χ2v) is 7.84. The molecule has 0 amide bonds. The molecule has 6 heteroatoms. The quantitative estimate of drug-likeness (QED) is 0.731. The van der Waals surface area contributed by atoms with Crippen LogP contribution in [0.5, 0.6) is 0 Å². The summed E-state index contributed by atoms with van der Waals surface area (Å²) in [7, 11) is 0. The lowest BCUT2D eigenvalue weighted by molar-refractivity contribution is 0.888.